The molecule has 0 saturated carbocycles. The van der Waals surface area contributed by atoms with Crippen LogP contribution in [-0.4, -0.2) is 11.0 Å². The summed E-state index contributed by atoms with van der Waals surface area (Å²) in [6, 6.07) is 0.192. The van der Waals surface area contributed by atoms with Gasteiger partial charge in [-0.3, -0.25) is 0 Å². The third-order valence-electron chi connectivity index (χ3n) is 1.95. The lowest BCUT2D eigenvalue weighted by Crippen LogP contribution is -2.22. The Hall–Kier alpha value is -0.850. The highest BCUT2D eigenvalue weighted by atomic mass is 32.1. The molecule has 1 heterocycles. The van der Waals surface area contributed by atoms with Gasteiger partial charge in [-0.2, -0.15) is 0 Å². The third-order valence-corrected chi connectivity index (χ3v) is 2.78. The van der Waals surface area contributed by atoms with Crippen molar-refractivity contribution in [3.8, 4) is 11.8 Å². The van der Waals surface area contributed by atoms with Crippen LogP contribution in [0.15, 0.2) is 5.38 Å². The van der Waals surface area contributed by atoms with Gasteiger partial charge in [0.05, 0.1) is 10.7 Å². The van der Waals surface area contributed by atoms with Crippen molar-refractivity contribution in [2.45, 2.75) is 39.2 Å². The molecule has 0 spiro atoms. The molecule has 3 heteroatoms. The molecule has 0 saturated heterocycles. The number of hydrogen-bond acceptors (Lipinski definition) is 3. The number of thiazole rings is 1. The van der Waals surface area contributed by atoms with Gasteiger partial charge in [0.2, 0.25) is 0 Å². The summed E-state index contributed by atoms with van der Waals surface area (Å²) in [5, 5.41) is 3.20. The van der Waals surface area contributed by atoms with E-state index in [-0.39, 0.29) is 6.04 Å². The lowest BCUT2D eigenvalue weighted by atomic mass is 10.1. The molecule has 0 radical (unpaired) electrons. The Morgan fingerprint density at radius 2 is 2.43 bits per heavy atom. The molecule has 0 aliphatic rings. The van der Waals surface area contributed by atoms with E-state index in [0.29, 0.717) is 0 Å². The number of nitrogens with two attached hydrogens (primary N) is 1. The van der Waals surface area contributed by atoms with Gasteiger partial charge in [0.15, 0.2) is 0 Å². The number of nitrogens with zero attached hydrogens (tertiary/aromatic N) is 1. The minimum absolute atomic E-state index is 0.192. The summed E-state index contributed by atoms with van der Waals surface area (Å²) in [4.78, 5) is 4.38. The summed E-state index contributed by atoms with van der Waals surface area (Å²) in [5.74, 6) is 5.89. The average molecular weight is 208 g/mol. The Labute approximate surface area is 89.6 Å². The van der Waals surface area contributed by atoms with E-state index in [1.165, 1.54) is 0 Å². The molecule has 0 bridgehead atoms. The Bertz CT molecular complexity index is 333. The maximum absolute atomic E-state index is 5.95. The predicted octanol–water partition coefficient (Wildman–Crippen LogP) is 2.12. The van der Waals surface area contributed by atoms with Gasteiger partial charge in [0, 0.05) is 24.3 Å². The van der Waals surface area contributed by atoms with E-state index in [2.05, 4.69) is 22.2 Å². The molecule has 2 nitrogen and oxygen atoms in total. The van der Waals surface area contributed by atoms with Crippen LogP contribution in [-0.2, 0) is 6.42 Å². The van der Waals surface area contributed by atoms with Gasteiger partial charge in [0.1, 0.15) is 0 Å². The van der Waals surface area contributed by atoms with Crippen molar-refractivity contribution in [2.24, 2.45) is 5.73 Å². The zero-order valence-corrected chi connectivity index (χ0v) is 9.53. The van der Waals surface area contributed by atoms with E-state index in [1.807, 2.05) is 13.8 Å². The predicted molar refractivity (Wildman–Crippen MR) is 61.2 cm³/mol. The van der Waals surface area contributed by atoms with Crippen LogP contribution in [0.3, 0.4) is 0 Å². The van der Waals surface area contributed by atoms with Crippen LogP contribution in [0.2, 0.25) is 0 Å². The second-order valence-corrected chi connectivity index (χ2v) is 4.35. The van der Waals surface area contributed by atoms with Crippen LogP contribution >= 0.6 is 11.3 Å². The number of rotatable bonds is 4. The van der Waals surface area contributed by atoms with Crippen LogP contribution in [0.5, 0.6) is 0 Å². The van der Waals surface area contributed by atoms with E-state index in [9.17, 15) is 0 Å². The topological polar surface area (TPSA) is 38.9 Å². The van der Waals surface area contributed by atoms with Gasteiger partial charge in [-0.15, -0.1) is 23.2 Å². The van der Waals surface area contributed by atoms with Crippen LogP contribution < -0.4 is 5.73 Å². The van der Waals surface area contributed by atoms with Crippen molar-refractivity contribution in [1.29, 1.82) is 0 Å². The smallest absolute Gasteiger partial charge is 0.0897 e. The van der Waals surface area contributed by atoms with E-state index >= 15 is 0 Å². The van der Waals surface area contributed by atoms with E-state index in [4.69, 9.17) is 5.73 Å². The van der Waals surface area contributed by atoms with Gasteiger partial charge in [-0.05, 0) is 20.3 Å². The average Bonchev–Trinajstić information content (AvgIpc) is 2.52. The van der Waals surface area contributed by atoms with Gasteiger partial charge in [-0.25, -0.2) is 4.98 Å². The molecule has 1 aromatic heterocycles. The maximum atomic E-state index is 5.95. The van der Waals surface area contributed by atoms with Gasteiger partial charge in [0.25, 0.3) is 0 Å². The van der Waals surface area contributed by atoms with Crippen LogP contribution in [0.4, 0.5) is 0 Å². The first-order valence-electron chi connectivity index (χ1n) is 4.78. The number of aryl methyl sites for hydroxylation is 1. The Kier molecular flexibility index (Phi) is 4.64. The molecular weight excluding hydrogens is 192 g/mol. The molecule has 0 aliphatic heterocycles. The SMILES string of the molecule is CC#CCCC(N)Cc1csc(C)n1. The van der Waals surface area contributed by atoms with Crippen molar-refractivity contribution >= 4 is 11.3 Å². The standard InChI is InChI=1S/C11H16N2S/c1-3-4-5-6-10(12)7-11-8-14-9(2)13-11/h8,10H,5-7,12H2,1-2H3. The second-order valence-electron chi connectivity index (χ2n) is 3.29. The molecule has 1 rings (SSSR count). The summed E-state index contributed by atoms with van der Waals surface area (Å²) in [6.45, 7) is 3.87. The normalized spacial score (nSPS) is 11.9. The fourth-order valence-corrected chi connectivity index (χ4v) is 1.88. The molecule has 1 unspecified atom stereocenters. The van der Waals surface area contributed by atoms with Crippen LogP contribution in [0.1, 0.15) is 30.5 Å². The minimum Gasteiger partial charge on any atom is -0.327 e. The van der Waals surface area contributed by atoms with Gasteiger partial charge in [-0.1, -0.05) is 0 Å². The molecule has 1 atom stereocenters. The molecule has 0 amide bonds. The molecule has 0 fully saturated rings. The molecule has 14 heavy (non-hydrogen) atoms. The summed E-state index contributed by atoms with van der Waals surface area (Å²) in [7, 11) is 0. The van der Waals surface area contributed by atoms with E-state index in [0.717, 1.165) is 30.0 Å². The summed E-state index contributed by atoms with van der Waals surface area (Å²) < 4.78 is 0. The quantitative estimate of drug-likeness (QED) is 0.770. The van der Waals surface area contributed by atoms with Crippen molar-refractivity contribution < 1.29 is 0 Å². The van der Waals surface area contributed by atoms with Gasteiger partial charge < -0.3 is 5.73 Å². The Morgan fingerprint density at radius 3 is 3.00 bits per heavy atom. The largest absolute Gasteiger partial charge is 0.327 e. The van der Waals surface area contributed by atoms with Crippen molar-refractivity contribution in [3.63, 3.8) is 0 Å². The first kappa shape index (κ1) is 11.2. The number of hydrogen-bond donors (Lipinski definition) is 1. The molecule has 0 aliphatic carbocycles. The van der Waals surface area contributed by atoms with Crippen molar-refractivity contribution in [1.82, 2.24) is 4.98 Å². The highest BCUT2D eigenvalue weighted by Gasteiger charge is 2.05. The zero-order valence-electron chi connectivity index (χ0n) is 8.71. The van der Waals surface area contributed by atoms with Crippen molar-refractivity contribution in [2.75, 3.05) is 0 Å². The van der Waals surface area contributed by atoms with Crippen LogP contribution in [0, 0.1) is 18.8 Å². The van der Waals surface area contributed by atoms with E-state index in [1.54, 1.807) is 11.3 Å². The van der Waals surface area contributed by atoms with Crippen molar-refractivity contribution in [3.05, 3.63) is 16.1 Å². The summed E-state index contributed by atoms with van der Waals surface area (Å²) in [6.07, 6.45) is 2.72. The third kappa shape index (κ3) is 3.91. The molecule has 76 valence electrons. The zero-order chi connectivity index (χ0) is 10.4. The Balaban J connectivity index is 2.32. The molecule has 0 aromatic carbocycles. The first-order valence-corrected chi connectivity index (χ1v) is 5.66. The van der Waals surface area contributed by atoms with E-state index < -0.39 is 0 Å². The lowest BCUT2D eigenvalue weighted by molar-refractivity contribution is 0.616. The summed E-state index contributed by atoms with van der Waals surface area (Å²) in [5.41, 5.74) is 7.07. The summed E-state index contributed by atoms with van der Waals surface area (Å²) >= 11 is 1.68. The second kappa shape index (κ2) is 5.79. The lowest BCUT2D eigenvalue weighted by Gasteiger charge is -2.06. The van der Waals surface area contributed by atoms with Gasteiger partial charge >= 0.3 is 0 Å². The highest BCUT2D eigenvalue weighted by molar-refractivity contribution is 7.09. The fraction of sp³-hybridized carbons (Fsp3) is 0.545. The monoisotopic (exact) mass is 208 g/mol. The highest BCUT2D eigenvalue weighted by Crippen LogP contribution is 2.10. The first-order chi connectivity index (χ1) is 6.72. The number of aromatic nitrogens is 1. The maximum Gasteiger partial charge on any atom is 0.0897 e. The molecule has 2 N–H and O–H groups in total. The minimum atomic E-state index is 0.192. The fourth-order valence-electron chi connectivity index (χ4n) is 1.26. The molecular formula is C11H16N2S. The Morgan fingerprint density at radius 1 is 1.64 bits per heavy atom. The molecule has 1 aromatic rings. The van der Waals surface area contributed by atoms with Crippen LogP contribution in [0.25, 0.3) is 0 Å².